The topological polar surface area (TPSA) is 3.24 Å². The van der Waals surface area contributed by atoms with Crippen molar-refractivity contribution in [3.63, 3.8) is 0 Å². The highest BCUT2D eigenvalue weighted by molar-refractivity contribution is 7.04. The van der Waals surface area contributed by atoms with Crippen molar-refractivity contribution in [3.8, 4) is 0 Å². The van der Waals surface area contributed by atoms with Gasteiger partial charge in [0.2, 0.25) is 7.41 Å². The minimum atomic E-state index is -1.02. The summed E-state index contributed by atoms with van der Waals surface area (Å²) in [6.45, 7) is 14.9. The molecular weight excluding hydrogens is 189 g/mol. The molecular formula is C9H25BNSi2. The van der Waals surface area contributed by atoms with Crippen LogP contribution in [-0.4, -0.2) is 42.5 Å². The van der Waals surface area contributed by atoms with Gasteiger partial charge in [0.05, 0.1) is 0 Å². The molecule has 1 radical (unpaired) electrons. The van der Waals surface area contributed by atoms with Gasteiger partial charge >= 0.3 is 0 Å². The fraction of sp³-hybridized carbons (Fsp3) is 1.00. The molecule has 0 spiro atoms. The Balaban J connectivity index is 4.58. The average Bonchev–Trinajstić information content (AvgIpc) is 1.77. The largest absolute Gasteiger partial charge is 0.352 e. The lowest BCUT2D eigenvalue weighted by molar-refractivity contribution is 0.659. The third-order valence-electron chi connectivity index (χ3n) is 2.31. The summed E-state index contributed by atoms with van der Waals surface area (Å²) in [6, 6.07) is 0. The lowest BCUT2D eigenvalue weighted by Gasteiger charge is -2.39. The first-order valence-electron chi connectivity index (χ1n) is 5.06. The molecule has 0 aromatic heterocycles. The molecule has 0 saturated carbocycles. The Bertz CT molecular complexity index is 144. The molecule has 0 atom stereocenters. The van der Waals surface area contributed by atoms with Gasteiger partial charge in [0, 0.05) is 16.1 Å². The Morgan fingerprint density at radius 1 is 0.846 bits per heavy atom. The summed E-state index contributed by atoms with van der Waals surface area (Å²) in [7, 11) is 4.71. The number of rotatable bonds is 4. The quantitative estimate of drug-likeness (QED) is 0.650. The van der Waals surface area contributed by atoms with Crippen LogP contribution in [0.15, 0.2) is 0 Å². The van der Waals surface area contributed by atoms with E-state index in [1.807, 2.05) is 0 Å². The van der Waals surface area contributed by atoms with Crippen LogP contribution in [0.25, 0.3) is 0 Å². The van der Waals surface area contributed by atoms with Crippen molar-refractivity contribution in [1.82, 2.24) is 4.81 Å². The maximum absolute atomic E-state index is 2.48. The predicted molar refractivity (Wildman–Crippen MR) is 69.9 cm³/mol. The van der Waals surface area contributed by atoms with E-state index in [0.29, 0.717) is 0 Å². The molecule has 4 heteroatoms. The average molecular weight is 214 g/mol. The first-order valence-corrected chi connectivity index (χ1v) is 12.2. The van der Waals surface area contributed by atoms with Crippen molar-refractivity contribution in [2.75, 3.05) is 14.1 Å². The van der Waals surface area contributed by atoms with Gasteiger partial charge in [-0.2, -0.15) is 0 Å². The van der Waals surface area contributed by atoms with Crippen LogP contribution in [0.2, 0.25) is 44.3 Å². The van der Waals surface area contributed by atoms with Gasteiger partial charge in [-0.3, -0.25) is 0 Å². The maximum Gasteiger partial charge on any atom is 0.205 e. The zero-order valence-electron chi connectivity index (χ0n) is 10.6. The van der Waals surface area contributed by atoms with Crippen molar-refractivity contribution in [3.05, 3.63) is 0 Å². The molecule has 0 bridgehead atoms. The fourth-order valence-corrected chi connectivity index (χ4v) is 13.9. The fourth-order valence-electron chi connectivity index (χ4n) is 2.04. The molecule has 0 heterocycles. The standard InChI is InChI=1S/C9H25BNSi2/c1-11(2)10-9(12(3,4)5)13(6,7)8/h9H,1-8H3. The lowest BCUT2D eigenvalue weighted by Crippen LogP contribution is -2.50. The molecule has 0 amide bonds. The summed E-state index contributed by atoms with van der Waals surface area (Å²) in [5.41, 5.74) is 0. The molecule has 0 aromatic rings. The Hall–Kier alpha value is 0.459. The summed E-state index contributed by atoms with van der Waals surface area (Å²) < 4.78 is 0. The SMILES string of the molecule is CN(C)[B]C([Si](C)(C)C)[Si](C)(C)C. The number of nitrogens with zero attached hydrogens (tertiary/aromatic N) is 1. The van der Waals surface area contributed by atoms with Crippen LogP contribution in [0.5, 0.6) is 0 Å². The van der Waals surface area contributed by atoms with Crippen LogP contribution in [0, 0.1) is 0 Å². The highest BCUT2D eigenvalue weighted by Crippen LogP contribution is 2.30. The van der Waals surface area contributed by atoms with Crippen molar-refractivity contribution in [1.29, 1.82) is 0 Å². The first kappa shape index (κ1) is 13.5. The molecule has 0 aromatic carbocycles. The second-order valence-electron chi connectivity index (χ2n) is 6.32. The van der Waals surface area contributed by atoms with Gasteiger partial charge in [-0.15, -0.1) is 0 Å². The van der Waals surface area contributed by atoms with Crippen LogP contribution in [0.4, 0.5) is 0 Å². The van der Waals surface area contributed by atoms with E-state index in [1.165, 1.54) is 0 Å². The molecule has 0 unspecified atom stereocenters. The van der Waals surface area contributed by atoms with Crippen LogP contribution in [0.1, 0.15) is 0 Å². The Labute approximate surface area is 87.2 Å². The highest BCUT2D eigenvalue weighted by Gasteiger charge is 2.38. The highest BCUT2D eigenvalue weighted by atomic mass is 28.4. The third-order valence-corrected chi connectivity index (χ3v) is 11.5. The summed E-state index contributed by atoms with van der Waals surface area (Å²) in [4.78, 5) is 2.24. The van der Waals surface area contributed by atoms with Gasteiger partial charge in [0.1, 0.15) is 0 Å². The van der Waals surface area contributed by atoms with E-state index >= 15 is 0 Å². The molecule has 0 rings (SSSR count). The van der Waals surface area contributed by atoms with Crippen molar-refractivity contribution < 1.29 is 0 Å². The van der Waals surface area contributed by atoms with Gasteiger partial charge in [-0.05, 0) is 14.1 Å². The monoisotopic (exact) mass is 214 g/mol. The molecule has 0 aliphatic carbocycles. The Kier molecular flexibility index (Phi) is 4.47. The molecule has 0 N–H and O–H groups in total. The van der Waals surface area contributed by atoms with Crippen LogP contribution < -0.4 is 0 Å². The van der Waals surface area contributed by atoms with E-state index in [9.17, 15) is 0 Å². The third kappa shape index (κ3) is 5.03. The lowest BCUT2D eigenvalue weighted by atomic mass is 9.97. The van der Waals surface area contributed by atoms with E-state index < -0.39 is 16.1 Å². The summed E-state index contributed by atoms with van der Waals surface area (Å²) in [6.07, 6.45) is 0. The van der Waals surface area contributed by atoms with Gasteiger partial charge in [-0.25, -0.2) is 0 Å². The van der Waals surface area contributed by atoms with Gasteiger partial charge < -0.3 is 4.81 Å². The minimum Gasteiger partial charge on any atom is -0.352 e. The Morgan fingerprint density at radius 2 is 1.15 bits per heavy atom. The molecule has 1 nitrogen and oxygen atoms in total. The second-order valence-corrected chi connectivity index (χ2v) is 17.6. The summed E-state index contributed by atoms with van der Waals surface area (Å²) >= 11 is 0. The van der Waals surface area contributed by atoms with Gasteiger partial charge in [0.15, 0.2) is 0 Å². The molecule has 0 saturated heterocycles. The van der Waals surface area contributed by atoms with Crippen molar-refractivity contribution in [2.24, 2.45) is 0 Å². The summed E-state index contributed by atoms with van der Waals surface area (Å²) in [5.74, 6) is 0. The zero-order valence-corrected chi connectivity index (χ0v) is 12.6. The predicted octanol–water partition coefficient (Wildman–Crippen LogP) is 2.71. The zero-order chi connectivity index (χ0) is 10.9. The van der Waals surface area contributed by atoms with Crippen LogP contribution in [0.3, 0.4) is 0 Å². The Morgan fingerprint density at radius 3 is 1.23 bits per heavy atom. The summed E-state index contributed by atoms with van der Waals surface area (Å²) in [5, 5.41) is 0.884. The molecule has 0 fully saturated rings. The number of hydrogen-bond acceptors (Lipinski definition) is 1. The number of hydrogen-bond donors (Lipinski definition) is 0. The second kappa shape index (κ2) is 4.32. The van der Waals surface area contributed by atoms with Crippen molar-refractivity contribution in [2.45, 2.75) is 44.3 Å². The van der Waals surface area contributed by atoms with E-state index in [-0.39, 0.29) is 0 Å². The normalized spacial score (nSPS) is 14.0. The van der Waals surface area contributed by atoms with E-state index in [1.54, 1.807) is 0 Å². The molecule has 0 aliphatic heterocycles. The van der Waals surface area contributed by atoms with Crippen molar-refractivity contribution >= 4 is 23.6 Å². The smallest absolute Gasteiger partial charge is 0.205 e. The molecule has 0 aliphatic rings. The molecule has 77 valence electrons. The van der Waals surface area contributed by atoms with Gasteiger partial charge in [0.25, 0.3) is 0 Å². The minimum absolute atomic E-state index is 0.884. The van der Waals surface area contributed by atoms with Crippen LogP contribution >= 0.6 is 0 Å². The van der Waals surface area contributed by atoms with Gasteiger partial charge in [-0.1, -0.05) is 44.3 Å². The van der Waals surface area contributed by atoms with E-state index in [2.05, 4.69) is 65.6 Å². The van der Waals surface area contributed by atoms with E-state index in [4.69, 9.17) is 0 Å². The van der Waals surface area contributed by atoms with E-state index in [0.717, 1.165) is 5.06 Å². The maximum atomic E-state index is 2.48. The molecule has 13 heavy (non-hydrogen) atoms. The first-order chi connectivity index (χ1) is 5.55. The van der Waals surface area contributed by atoms with Crippen LogP contribution in [-0.2, 0) is 0 Å².